The zero-order valence-corrected chi connectivity index (χ0v) is 10.6. The number of para-hydroxylation sites is 1. The van der Waals surface area contributed by atoms with Crippen LogP contribution < -0.4 is 10.5 Å². The standard InChI is InChI=1S/C11H14BrNO3/c1-15-11(14)6-8(13)7-16-10-5-3-2-4-9(10)12/h2-5,8H,6-7,13H2,1H3. The van der Waals surface area contributed by atoms with Gasteiger partial charge in [0.25, 0.3) is 0 Å². The van der Waals surface area contributed by atoms with Gasteiger partial charge in [0, 0.05) is 6.04 Å². The Hall–Kier alpha value is -1.07. The molecular formula is C11H14BrNO3. The van der Waals surface area contributed by atoms with Crippen LogP contribution in [0.5, 0.6) is 5.75 Å². The predicted octanol–water partition coefficient (Wildman–Crippen LogP) is 1.72. The lowest BCUT2D eigenvalue weighted by molar-refractivity contribution is -0.141. The number of halogens is 1. The van der Waals surface area contributed by atoms with Crippen LogP contribution in [0.4, 0.5) is 0 Å². The molecule has 2 N–H and O–H groups in total. The quantitative estimate of drug-likeness (QED) is 0.838. The Kier molecular flexibility index (Phi) is 5.28. The van der Waals surface area contributed by atoms with Gasteiger partial charge in [0.2, 0.25) is 0 Å². The summed E-state index contributed by atoms with van der Waals surface area (Å²) >= 11 is 3.35. The number of esters is 1. The molecule has 0 heterocycles. The first-order valence-electron chi connectivity index (χ1n) is 4.83. The summed E-state index contributed by atoms with van der Waals surface area (Å²) in [5.41, 5.74) is 5.71. The summed E-state index contributed by atoms with van der Waals surface area (Å²) in [5.74, 6) is 0.381. The van der Waals surface area contributed by atoms with Crippen molar-refractivity contribution in [3.05, 3.63) is 28.7 Å². The predicted molar refractivity (Wildman–Crippen MR) is 64.2 cm³/mol. The highest BCUT2D eigenvalue weighted by Gasteiger charge is 2.10. The molecule has 1 atom stereocenters. The van der Waals surface area contributed by atoms with E-state index in [0.717, 1.165) is 4.47 Å². The molecule has 0 saturated carbocycles. The molecule has 0 bridgehead atoms. The summed E-state index contributed by atoms with van der Waals surface area (Å²) in [6.07, 6.45) is 0.154. The molecule has 0 amide bonds. The Labute approximate surface area is 103 Å². The average Bonchev–Trinajstić information content (AvgIpc) is 2.28. The van der Waals surface area contributed by atoms with Crippen molar-refractivity contribution in [2.75, 3.05) is 13.7 Å². The fraction of sp³-hybridized carbons (Fsp3) is 0.364. The number of benzene rings is 1. The molecule has 0 aliphatic carbocycles. The molecule has 0 spiro atoms. The van der Waals surface area contributed by atoms with Crippen molar-refractivity contribution in [1.82, 2.24) is 0 Å². The monoisotopic (exact) mass is 287 g/mol. The number of nitrogens with two attached hydrogens (primary N) is 1. The zero-order chi connectivity index (χ0) is 12.0. The number of hydrogen-bond acceptors (Lipinski definition) is 4. The second kappa shape index (κ2) is 6.50. The van der Waals surface area contributed by atoms with Gasteiger partial charge in [-0.2, -0.15) is 0 Å². The SMILES string of the molecule is COC(=O)CC(N)COc1ccccc1Br. The molecule has 1 rings (SSSR count). The van der Waals surface area contributed by atoms with E-state index in [9.17, 15) is 4.79 Å². The fourth-order valence-electron chi connectivity index (χ4n) is 1.11. The Balaban J connectivity index is 2.40. The first-order valence-corrected chi connectivity index (χ1v) is 5.62. The summed E-state index contributed by atoms with van der Waals surface area (Å²) in [6, 6.07) is 7.10. The maximum Gasteiger partial charge on any atom is 0.307 e. The van der Waals surface area contributed by atoms with Crippen molar-refractivity contribution in [2.24, 2.45) is 5.73 Å². The normalized spacial score (nSPS) is 11.9. The van der Waals surface area contributed by atoms with E-state index in [-0.39, 0.29) is 25.0 Å². The van der Waals surface area contributed by atoms with Crippen molar-refractivity contribution >= 4 is 21.9 Å². The molecule has 0 aromatic heterocycles. The summed E-state index contributed by atoms with van der Waals surface area (Å²) in [5, 5.41) is 0. The van der Waals surface area contributed by atoms with Gasteiger partial charge in [0.1, 0.15) is 12.4 Å². The molecule has 1 aromatic carbocycles. The molecule has 1 unspecified atom stereocenters. The highest BCUT2D eigenvalue weighted by Crippen LogP contribution is 2.23. The molecule has 16 heavy (non-hydrogen) atoms. The minimum atomic E-state index is -0.362. The fourth-order valence-corrected chi connectivity index (χ4v) is 1.51. The molecular weight excluding hydrogens is 274 g/mol. The van der Waals surface area contributed by atoms with E-state index in [0.29, 0.717) is 5.75 Å². The van der Waals surface area contributed by atoms with Gasteiger partial charge in [0.15, 0.2) is 0 Å². The highest BCUT2D eigenvalue weighted by atomic mass is 79.9. The van der Waals surface area contributed by atoms with Crippen molar-refractivity contribution < 1.29 is 14.3 Å². The second-order valence-electron chi connectivity index (χ2n) is 3.28. The van der Waals surface area contributed by atoms with Crippen LogP contribution in [0.3, 0.4) is 0 Å². The third kappa shape index (κ3) is 4.20. The number of hydrogen-bond donors (Lipinski definition) is 1. The lowest BCUT2D eigenvalue weighted by Gasteiger charge is -2.12. The zero-order valence-electron chi connectivity index (χ0n) is 8.98. The van der Waals surface area contributed by atoms with Gasteiger partial charge in [-0.05, 0) is 28.1 Å². The number of methoxy groups -OCH3 is 1. The first kappa shape index (κ1) is 13.0. The molecule has 0 saturated heterocycles. The van der Waals surface area contributed by atoms with Crippen molar-refractivity contribution in [2.45, 2.75) is 12.5 Å². The van der Waals surface area contributed by atoms with Gasteiger partial charge >= 0.3 is 5.97 Å². The Bertz CT molecular complexity index is 357. The lowest BCUT2D eigenvalue weighted by atomic mass is 10.2. The van der Waals surface area contributed by atoms with Crippen molar-refractivity contribution in [3.63, 3.8) is 0 Å². The molecule has 0 fully saturated rings. The van der Waals surface area contributed by atoms with E-state index >= 15 is 0 Å². The number of carbonyl (C=O) groups is 1. The van der Waals surface area contributed by atoms with Gasteiger partial charge in [-0.1, -0.05) is 12.1 Å². The second-order valence-corrected chi connectivity index (χ2v) is 4.14. The van der Waals surface area contributed by atoms with Crippen molar-refractivity contribution in [1.29, 1.82) is 0 Å². The molecule has 1 aromatic rings. The Morgan fingerprint density at radius 3 is 2.81 bits per heavy atom. The van der Waals surface area contributed by atoms with Crippen LogP contribution in [0.25, 0.3) is 0 Å². The minimum Gasteiger partial charge on any atom is -0.491 e. The van der Waals surface area contributed by atoms with Crippen LogP contribution >= 0.6 is 15.9 Å². The Morgan fingerprint density at radius 1 is 1.50 bits per heavy atom. The van der Waals surface area contributed by atoms with Gasteiger partial charge < -0.3 is 15.2 Å². The van der Waals surface area contributed by atoms with Crippen LogP contribution in [0.2, 0.25) is 0 Å². The molecule has 88 valence electrons. The number of rotatable bonds is 5. The summed E-state index contributed by atoms with van der Waals surface area (Å²) in [6.45, 7) is 0.276. The molecule has 5 heteroatoms. The van der Waals surface area contributed by atoms with Gasteiger partial charge in [-0.25, -0.2) is 0 Å². The van der Waals surface area contributed by atoms with E-state index in [1.165, 1.54) is 7.11 Å². The van der Waals surface area contributed by atoms with E-state index in [1.54, 1.807) is 0 Å². The van der Waals surface area contributed by atoms with Gasteiger partial charge in [-0.3, -0.25) is 4.79 Å². The molecule has 4 nitrogen and oxygen atoms in total. The van der Waals surface area contributed by atoms with Gasteiger partial charge in [-0.15, -0.1) is 0 Å². The van der Waals surface area contributed by atoms with Crippen LogP contribution in [-0.4, -0.2) is 25.7 Å². The molecule has 0 radical (unpaired) electrons. The van der Waals surface area contributed by atoms with E-state index < -0.39 is 0 Å². The van der Waals surface area contributed by atoms with Crippen LogP contribution in [0, 0.1) is 0 Å². The highest BCUT2D eigenvalue weighted by molar-refractivity contribution is 9.10. The molecule has 0 aliphatic rings. The topological polar surface area (TPSA) is 61.5 Å². The third-order valence-corrected chi connectivity index (χ3v) is 2.60. The van der Waals surface area contributed by atoms with E-state index in [4.69, 9.17) is 10.5 Å². The smallest absolute Gasteiger partial charge is 0.307 e. The maximum atomic E-state index is 10.9. The van der Waals surface area contributed by atoms with E-state index in [1.807, 2.05) is 24.3 Å². The summed E-state index contributed by atoms with van der Waals surface area (Å²) in [7, 11) is 1.34. The maximum absolute atomic E-state index is 10.9. The van der Waals surface area contributed by atoms with Crippen LogP contribution in [0.1, 0.15) is 6.42 Å². The Morgan fingerprint density at radius 2 is 2.19 bits per heavy atom. The third-order valence-electron chi connectivity index (χ3n) is 1.95. The van der Waals surface area contributed by atoms with E-state index in [2.05, 4.69) is 20.7 Å². The molecule has 0 aliphatic heterocycles. The summed E-state index contributed by atoms with van der Waals surface area (Å²) in [4.78, 5) is 10.9. The first-order chi connectivity index (χ1) is 7.63. The average molecular weight is 288 g/mol. The minimum absolute atomic E-state index is 0.154. The number of ether oxygens (including phenoxy) is 2. The number of carbonyl (C=O) groups excluding carboxylic acids is 1. The van der Waals surface area contributed by atoms with Gasteiger partial charge in [0.05, 0.1) is 18.0 Å². The lowest BCUT2D eigenvalue weighted by Crippen LogP contribution is -2.31. The largest absolute Gasteiger partial charge is 0.491 e. The van der Waals surface area contributed by atoms with Crippen LogP contribution in [-0.2, 0) is 9.53 Å². The van der Waals surface area contributed by atoms with Crippen molar-refractivity contribution in [3.8, 4) is 5.75 Å². The summed E-state index contributed by atoms with van der Waals surface area (Å²) < 4.78 is 10.8. The van der Waals surface area contributed by atoms with Crippen LogP contribution in [0.15, 0.2) is 28.7 Å².